The van der Waals surface area contributed by atoms with Gasteiger partial charge < -0.3 is 19.5 Å². The Kier molecular flexibility index (Phi) is 6.37. The van der Waals surface area contributed by atoms with Crippen molar-refractivity contribution >= 4 is 12.1 Å². The molecule has 10 nitrogen and oxygen atoms in total. The Morgan fingerprint density at radius 3 is 2.71 bits per heavy atom. The molecule has 1 N–H and O–H groups in total. The fraction of sp³-hybridized carbons (Fsp3) is 0.640. The summed E-state index contributed by atoms with van der Waals surface area (Å²) in [5.41, 5.74) is 2.61. The first-order valence-electron chi connectivity index (χ1n) is 12.4. The molecule has 0 saturated heterocycles. The maximum Gasteiger partial charge on any atom is 0.409 e. The number of nitrogens with zero attached hydrogens (tertiary/aromatic N) is 5. The fourth-order valence-corrected chi connectivity index (χ4v) is 5.69. The minimum atomic E-state index is -0.735. The van der Waals surface area contributed by atoms with Gasteiger partial charge in [0.15, 0.2) is 0 Å². The number of hydrogen-bond acceptors (Lipinski definition) is 7. The largest absolute Gasteiger partial charge is 0.488 e. The minimum Gasteiger partial charge on any atom is -0.488 e. The lowest BCUT2D eigenvalue weighted by Crippen LogP contribution is -2.34. The highest BCUT2D eigenvalue weighted by atomic mass is 16.6. The molecule has 2 aromatic rings. The number of pyridine rings is 1. The van der Waals surface area contributed by atoms with Crippen LogP contribution in [0.1, 0.15) is 49.9 Å². The maximum atomic E-state index is 12.4. The summed E-state index contributed by atoms with van der Waals surface area (Å²) < 4.78 is 13.4. The van der Waals surface area contributed by atoms with Crippen molar-refractivity contribution in [3.8, 4) is 17.1 Å². The molecule has 1 unspecified atom stereocenters. The highest BCUT2D eigenvalue weighted by Crippen LogP contribution is 2.60. The number of carboxylic acid groups (broad SMARTS) is 1. The molecule has 3 aliphatic rings. The monoisotopic (exact) mass is 483 g/mol. The summed E-state index contributed by atoms with van der Waals surface area (Å²) in [6.45, 7) is 2.66. The number of ether oxygens (including phenoxy) is 2. The Morgan fingerprint density at radius 2 is 2.03 bits per heavy atom. The topological polar surface area (TPSA) is 120 Å². The summed E-state index contributed by atoms with van der Waals surface area (Å²) in [5, 5.41) is 17.5. The van der Waals surface area contributed by atoms with E-state index in [2.05, 4.69) is 10.3 Å². The van der Waals surface area contributed by atoms with E-state index >= 15 is 0 Å². The molecule has 35 heavy (non-hydrogen) atoms. The molecule has 0 spiro atoms. The molecule has 3 fully saturated rings. The third-order valence-electron chi connectivity index (χ3n) is 7.92. The van der Waals surface area contributed by atoms with E-state index in [0.29, 0.717) is 40.6 Å². The van der Waals surface area contributed by atoms with E-state index in [1.165, 1.54) is 19.3 Å². The fourth-order valence-electron chi connectivity index (χ4n) is 5.69. The third kappa shape index (κ3) is 4.83. The van der Waals surface area contributed by atoms with Crippen LogP contribution in [0.3, 0.4) is 0 Å². The molecule has 0 bridgehead atoms. The van der Waals surface area contributed by atoms with Crippen LogP contribution in [0.2, 0.25) is 0 Å². The van der Waals surface area contributed by atoms with Crippen LogP contribution in [0.15, 0.2) is 12.1 Å². The number of carbonyl (C=O) groups is 2. The maximum absolute atomic E-state index is 12.4. The first-order valence-corrected chi connectivity index (χ1v) is 12.4. The average molecular weight is 484 g/mol. The van der Waals surface area contributed by atoms with Gasteiger partial charge in [0.25, 0.3) is 0 Å². The Balaban J connectivity index is 1.23. The van der Waals surface area contributed by atoms with E-state index < -0.39 is 5.97 Å². The van der Waals surface area contributed by atoms with E-state index in [-0.39, 0.29) is 31.1 Å². The van der Waals surface area contributed by atoms with Crippen LogP contribution < -0.4 is 4.74 Å². The van der Waals surface area contributed by atoms with Gasteiger partial charge in [-0.15, -0.1) is 5.10 Å². The van der Waals surface area contributed by atoms with E-state index in [4.69, 9.17) is 19.6 Å². The van der Waals surface area contributed by atoms with Gasteiger partial charge >= 0.3 is 12.1 Å². The normalized spacial score (nSPS) is 25.0. The molecule has 2 aromatic heterocycles. The average Bonchev–Trinajstić information content (AvgIpc) is 3.10. The summed E-state index contributed by atoms with van der Waals surface area (Å²) in [6.07, 6.45) is 5.46. The lowest BCUT2D eigenvalue weighted by atomic mass is 9.85. The summed E-state index contributed by atoms with van der Waals surface area (Å²) >= 11 is 0. The second-order valence-corrected chi connectivity index (χ2v) is 10.3. The number of aliphatic carboxylic acids is 1. The van der Waals surface area contributed by atoms with Crippen molar-refractivity contribution in [2.45, 2.75) is 58.2 Å². The van der Waals surface area contributed by atoms with Crippen LogP contribution in [0.25, 0.3) is 11.4 Å². The Bertz CT molecular complexity index is 1110. The molecule has 3 aliphatic carbocycles. The highest BCUT2D eigenvalue weighted by Gasteiger charge is 2.59. The number of aryl methyl sites for hydroxylation is 2. The summed E-state index contributed by atoms with van der Waals surface area (Å²) in [5.74, 6) is 1.58. The van der Waals surface area contributed by atoms with E-state index in [9.17, 15) is 9.59 Å². The standard InChI is InChI=1S/C25H33N5O5/c1-14-20(35-21-9-7-16-17(23(16)21)11-22(31)32)10-8-18(26-14)24-19(30(3)28-27-24)13-34-25(33)29(2)12-15-5-4-6-15/h8,10,15-17,21,23H,4-7,9,11-13H2,1-3H3,(H,31,32)/t16-,17?,21+,23-/m0/s1. The van der Waals surface area contributed by atoms with Crippen LogP contribution in [0.4, 0.5) is 4.79 Å². The molecule has 2 heterocycles. The van der Waals surface area contributed by atoms with Gasteiger partial charge in [0.05, 0.1) is 11.4 Å². The summed E-state index contributed by atoms with van der Waals surface area (Å²) in [7, 11) is 3.53. The van der Waals surface area contributed by atoms with Crippen molar-refractivity contribution in [1.29, 1.82) is 0 Å². The van der Waals surface area contributed by atoms with Gasteiger partial charge in [-0.1, -0.05) is 11.6 Å². The Morgan fingerprint density at radius 1 is 1.23 bits per heavy atom. The zero-order chi connectivity index (χ0) is 24.7. The predicted octanol–water partition coefficient (Wildman–Crippen LogP) is 3.43. The molecule has 3 saturated carbocycles. The molecular formula is C25H33N5O5. The molecule has 1 amide bonds. The van der Waals surface area contributed by atoms with E-state index in [0.717, 1.165) is 25.1 Å². The van der Waals surface area contributed by atoms with Crippen LogP contribution in [0.5, 0.6) is 5.75 Å². The Labute approximate surface area is 204 Å². The van der Waals surface area contributed by atoms with Gasteiger partial charge in [-0.3, -0.25) is 4.79 Å². The van der Waals surface area contributed by atoms with Gasteiger partial charge in [0.2, 0.25) is 0 Å². The van der Waals surface area contributed by atoms with Crippen LogP contribution >= 0.6 is 0 Å². The number of fused-ring (bicyclic) bond motifs is 1. The minimum absolute atomic E-state index is 0.0408. The number of amides is 1. The molecule has 4 atom stereocenters. The van der Waals surface area contributed by atoms with E-state index in [1.807, 2.05) is 19.1 Å². The van der Waals surface area contributed by atoms with Crippen LogP contribution in [-0.2, 0) is 23.2 Å². The van der Waals surface area contributed by atoms with Gasteiger partial charge in [-0.25, -0.2) is 14.5 Å². The number of hydrogen-bond donors (Lipinski definition) is 1. The number of rotatable bonds is 9. The van der Waals surface area contributed by atoms with Crippen LogP contribution in [0, 0.1) is 30.6 Å². The zero-order valence-electron chi connectivity index (χ0n) is 20.5. The van der Waals surface area contributed by atoms with Gasteiger partial charge in [-0.05, 0) is 62.5 Å². The second kappa shape index (κ2) is 9.47. The molecule has 10 heteroatoms. The van der Waals surface area contributed by atoms with Crippen molar-refractivity contribution in [2.24, 2.45) is 30.7 Å². The Hall–Kier alpha value is -3.17. The van der Waals surface area contributed by atoms with Crippen molar-refractivity contribution in [1.82, 2.24) is 24.9 Å². The molecular weight excluding hydrogens is 450 g/mol. The summed E-state index contributed by atoms with van der Waals surface area (Å²) in [6, 6.07) is 3.73. The zero-order valence-corrected chi connectivity index (χ0v) is 20.5. The predicted molar refractivity (Wildman–Crippen MR) is 125 cm³/mol. The quantitative estimate of drug-likeness (QED) is 0.576. The number of aromatic nitrogens is 4. The number of carboxylic acids is 1. The SMILES string of the molecule is Cc1nc(-c2nnn(C)c2COC(=O)N(C)CC2CCC2)ccc1O[C@@H]1CC[C@H]2C(CC(=O)O)[C@@H]12. The van der Waals surface area contributed by atoms with Crippen LogP contribution in [-0.4, -0.2) is 61.7 Å². The molecule has 0 aromatic carbocycles. The van der Waals surface area contributed by atoms with Crippen molar-refractivity contribution in [3.63, 3.8) is 0 Å². The van der Waals surface area contributed by atoms with Gasteiger partial charge in [-0.2, -0.15) is 0 Å². The lowest BCUT2D eigenvalue weighted by molar-refractivity contribution is -0.137. The van der Waals surface area contributed by atoms with Crippen molar-refractivity contribution < 1.29 is 24.2 Å². The number of carbonyl (C=O) groups excluding carboxylic acids is 1. The first kappa shape index (κ1) is 23.6. The van der Waals surface area contributed by atoms with Crippen molar-refractivity contribution in [3.05, 3.63) is 23.5 Å². The molecule has 5 rings (SSSR count). The van der Waals surface area contributed by atoms with Crippen molar-refractivity contribution in [2.75, 3.05) is 13.6 Å². The van der Waals surface area contributed by atoms with Gasteiger partial charge in [0, 0.05) is 33.0 Å². The smallest absolute Gasteiger partial charge is 0.409 e. The highest BCUT2D eigenvalue weighted by molar-refractivity contribution is 5.68. The molecule has 0 aliphatic heterocycles. The third-order valence-corrected chi connectivity index (χ3v) is 7.92. The second-order valence-electron chi connectivity index (χ2n) is 10.3. The first-order chi connectivity index (χ1) is 16.8. The summed E-state index contributed by atoms with van der Waals surface area (Å²) in [4.78, 5) is 29.9. The molecule has 188 valence electrons. The van der Waals surface area contributed by atoms with Gasteiger partial charge in [0.1, 0.15) is 29.8 Å². The molecule has 0 radical (unpaired) electrons. The lowest BCUT2D eigenvalue weighted by Gasteiger charge is -2.29. The van der Waals surface area contributed by atoms with E-state index in [1.54, 1.807) is 23.7 Å².